The molecule has 16 heavy (non-hydrogen) atoms. The summed E-state index contributed by atoms with van der Waals surface area (Å²) in [6.45, 7) is 7.54. The van der Waals surface area contributed by atoms with Gasteiger partial charge >= 0.3 is 0 Å². The van der Waals surface area contributed by atoms with Crippen LogP contribution in [0.5, 0.6) is 0 Å². The van der Waals surface area contributed by atoms with E-state index in [4.69, 9.17) is 5.73 Å². The summed E-state index contributed by atoms with van der Waals surface area (Å²) in [5, 5.41) is 2.95. The van der Waals surface area contributed by atoms with Crippen LogP contribution in [0.4, 0.5) is 0 Å². The number of carbonyl (C=O) groups is 1. The number of hydrogen-bond acceptors (Lipinski definition) is 3. The summed E-state index contributed by atoms with van der Waals surface area (Å²) >= 11 is 0. The lowest BCUT2D eigenvalue weighted by Crippen LogP contribution is -2.46. The first kappa shape index (κ1) is 15.4. The zero-order valence-electron chi connectivity index (χ0n) is 11.1. The van der Waals surface area contributed by atoms with Crippen LogP contribution in [-0.4, -0.2) is 43.0 Å². The molecule has 0 aromatic heterocycles. The van der Waals surface area contributed by atoms with Crippen LogP contribution in [0.15, 0.2) is 0 Å². The maximum atomic E-state index is 11.7. The third kappa shape index (κ3) is 6.80. The van der Waals surface area contributed by atoms with E-state index in [1.807, 2.05) is 25.8 Å². The highest BCUT2D eigenvalue weighted by Crippen LogP contribution is 1.97. The van der Waals surface area contributed by atoms with Gasteiger partial charge in [0.2, 0.25) is 5.91 Å². The van der Waals surface area contributed by atoms with Crippen molar-refractivity contribution in [3.8, 4) is 0 Å². The molecule has 0 radical (unpaired) electrons. The molecule has 1 amide bonds. The van der Waals surface area contributed by atoms with Crippen LogP contribution in [0.3, 0.4) is 0 Å². The van der Waals surface area contributed by atoms with Crippen molar-refractivity contribution in [1.82, 2.24) is 10.2 Å². The minimum atomic E-state index is -0.104. The van der Waals surface area contributed by atoms with E-state index in [2.05, 4.69) is 12.2 Å². The minimum Gasteiger partial charge on any atom is -0.355 e. The molecule has 0 saturated heterocycles. The monoisotopic (exact) mass is 229 g/mol. The van der Waals surface area contributed by atoms with Crippen molar-refractivity contribution in [2.24, 2.45) is 5.73 Å². The second kappa shape index (κ2) is 8.53. The first-order valence-electron chi connectivity index (χ1n) is 6.22. The summed E-state index contributed by atoms with van der Waals surface area (Å²) < 4.78 is 0. The van der Waals surface area contributed by atoms with Gasteiger partial charge in [-0.05, 0) is 27.3 Å². The molecule has 0 aliphatic carbocycles. The fraction of sp³-hybridized carbons (Fsp3) is 0.917. The van der Waals surface area contributed by atoms with Gasteiger partial charge in [-0.25, -0.2) is 0 Å². The van der Waals surface area contributed by atoms with Gasteiger partial charge in [0.05, 0.1) is 6.04 Å². The number of nitrogens with two attached hydrogens (primary N) is 1. The molecule has 0 aliphatic heterocycles. The first-order chi connectivity index (χ1) is 7.49. The normalized spacial score (nSPS) is 14.9. The van der Waals surface area contributed by atoms with E-state index < -0.39 is 0 Å². The zero-order valence-corrected chi connectivity index (χ0v) is 11.1. The van der Waals surface area contributed by atoms with E-state index >= 15 is 0 Å². The van der Waals surface area contributed by atoms with Crippen molar-refractivity contribution < 1.29 is 4.79 Å². The fourth-order valence-electron chi connectivity index (χ4n) is 1.55. The summed E-state index contributed by atoms with van der Waals surface area (Å²) in [6, 6.07) is -0.00651. The largest absolute Gasteiger partial charge is 0.355 e. The Kier molecular flexibility index (Phi) is 8.21. The van der Waals surface area contributed by atoms with E-state index in [0.29, 0.717) is 0 Å². The number of nitrogens with zero attached hydrogens (tertiary/aromatic N) is 1. The molecule has 0 aromatic carbocycles. The number of likely N-dealkylation sites (N-methyl/N-ethyl adjacent to an activating group) is 1. The Bertz CT molecular complexity index is 195. The van der Waals surface area contributed by atoms with Crippen LogP contribution in [0.25, 0.3) is 0 Å². The Balaban J connectivity index is 3.79. The molecule has 2 atom stereocenters. The number of nitrogens with one attached hydrogen (secondary N) is 1. The molecule has 4 heteroatoms. The molecule has 0 fully saturated rings. The van der Waals surface area contributed by atoms with Crippen LogP contribution in [0.2, 0.25) is 0 Å². The van der Waals surface area contributed by atoms with Crippen LogP contribution in [0, 0.1) is 0 Å². The Morgan fingerprint density at radius 1 is 1.38 bits per heavy atom. The van der Waals surface area contributed by atoms with Crippen LogP contribution in [0.1, 0.15) is 40.0 Å². The molecule has 96 valence electrons. The lowest BCUT2D eigenvalue weighted by Gasteiger charge is -2.25. The molecule has 4 nitrogen and oxygen atoms in total. The van der Waals surface area contributed by atoms with Gasteiger partial charge in [0.15, 0.2) is 0 Å². The summed E-state index contributed by atoms with van der Waals surface area (Å²) in [7, 11) is 1.93. The Morgan fingerprint density at radius 3 is 2.50 bits per heavy atom. The van der Waals surface area contributed by atoms with Crippen molar-refractivity contribution in [1.29, 1.82) is 0 Å². The van der Waals surface area contributed by atoms with Gasteiger partial charge in [-0.1, -0.05) is 19.8 Å². The van der Waals surface area contributed by atoms with Crippen molar-refractivity contribution in [2.75, 3.05) is 20.1 Å². The molecular formula is C12H27N3O. The van der Waals surface area contributed by atoms with E-state index in [-0.39, 0.29) is 18.0 Å². The Morgan fingerprint density at radius 2 is 2.00 bits per heavy atom. The van der Waals surface area contributed by atoms with Crippen LogP contribution in [-0.2, 0) is 4.79 Å². The predicted molar refractivity (Wildman–Crippen MR) is 68.3 cm³/mol. The second-order valence-corrected chi connectivity index (χ2v) is 4.59. The molecule has 0 aliphatic rings. The molecule has 0 aromatic rings. The fourth-order valence-corrected chi connectivity index (χ4v) is 1.55. The Labute approximate surface area is 99.6 Å². The zero-order chi connectivity index (χ0) is 12.6. The third-order valence-corrected chi connectivity index (χ3v) is 2.70. The lowest BCUT2D eigenvalue weighted by molar-refractivity contribution is -0.125. The quantitative estimate of drug-likeness (QED) is 0.610. The average Bonchev–Trinajstić information content (AvgIpc) is 2.22. The van der Waals surface area contributed by atoms with Gasteiger partial charge in [0, 0.05) is 19.1 Å². The topological polar surface area (TPSA) is 58.4 Å². The number of rotatable bonds is 8. The van der Waals surface area contributed by atoms with Gasteiger partial charge in [0.1, 0.15) is 0 Å². The van der Waals surface area contributed by atoms with Gasteiger partial charge in [-0.3, -0.25) is 9.69 Å². The minimum absolute atomic E-state index is 0.0965. The maximum absolute atomic E-state index is 11.7. The van der Waals surface area contributed by atoms with Crippen LogP contribution >= 0.6 is 0 Å². The highest BCUT2D eigenvalue weighted by atomic mass is 16.2. The number of carbonyl (C=O) groups excluding carboxylic acids is 1. The van der Waals surface area contributed by atoms with Crippen molar-refractivity contribution >= 4 is 5.91 Å². The van der Waals surface area contributed by atoms with E-state index in [1.165, 1.54) is 12.8 Å². The van der Waals surface area contributed by atoms with Gasteiger partial charge < -0.3 is 11.1 Å². The summed E-state index contributed by atoms with van der Waals surface area (Å²) in [5.74, 6) is 0.0965. The van der Waals surface area contributed by atoms with Crippen LogP contribution < -0.4 is 11.1 Å². The second-order valence-electron chi connectivity index (χ2n) is 4.59. The smallest absolute Gasteiger partial charge is 0.237 e. The standard InChI is InChI=1S/C12H27N3O/c1-5-6-7-8-14-12(16)11(3)15(4)9-10(2)13/h10-11H,5-9,13H2,1-4H3,(H,14,16). The number of hydrogen-bond donors (Lipinski definition) is 2. The summed E-state index contributed by atoms with van der Waals surface area (Å²) in [5.41, 5.74) is 5.70. The molecule has 0 bridgehead atoms. The molecule has 2 unspecified atom stereocenters. The lowest BCUT2D eigenvalue weighted by atomic mass is 10.2. The highest BCUT2D eigenvalue weighted by molar-refractivity contribution is 5.81. The van der Waals surface area contributed by atoms with Gasteiger partial charge in [-0.15, -0.1) is 0 Å². The van der Waals surface area contributed by atoms with E-state index in [0.717, 1.165) is 19.5 Å². The SMILES string of the molecule is CCCCCNC(=O)C(C)N(C)CC(C)N. The summed E-state index contributed by atoms with van der Waals surface area (Å²) in [4.78, 5) is 13.7. The van der Waals surface area contributed by atoms with Crippen molar-refractivity contribution in [3.63, 3.8) is 0 Å². The maximum Gasteiger partial charge on any atom is 0.237 e. The third-order valence-electron chi connectivity index (χ3n) is 2.70. The molecule has 3 N–H and O–H groups in total. The number of unbranched alkanes of at least 4 members (excludes halogenated alkanes) is 2. The molecule has 0 heterocycles. The van der Waals surface area contributed by atoms with E-state index in [9.17, 15) is 4.79 Å². The van der Waals surface area contributed by atoms with Gasteiger partial charge in [0.25, 0.3) is 0 Å². The Hall–Kier alpha value is -0.610. The summed E-state index contributed by atoms with van der Waals surface area (Å²) in [6.07, 6.45) is 3.41. The molecule has 0 saturated carbocycles. The average molecular weight is 229 g/mol. The highest BCUT2D eigenvalue weighted by Gasteiger charge is 2.17. The first-order valence-corrected chi connectivity index (χ1v) is 6.22. The number of amides is 1. The molecule has 0 spiro atoms. The molecule has 0 rings (SSSR count). The molecular weight excluding hydrogens is 202 g/mol. The van der Waals surface area contributed by atoms with Crippen molar-refractivity contribution in [3.05, 3.63) is 0 Å². The van der Waals surface area contributed by atoms with Crippen molar-refractivity contribution in [2.45, 2.75) is 52.1 Å². The predicted octanol–water partition coefficient (Wildman–Crippen LogP) is 0.960. The van der Waals surface area contributed by atoms with E-state index in [1.54, 1.807) is 0 Å². The van der Waals surface area contributed by atoms with Gasteiger partial charge in [-0.2, -0.15) is 0 Å².